The topological polar surface area (TPSA) is 38.5 Å². The fraction of sp³-hybridized carbons (Fsp3) is 1.00. The van der Waals surface area contributed by atoms with Crippen molar-refractivity contribution in [3.63, 3.8) is 0 Å². The van der Waals surface area contributed by atoms with Crippen molar-refractivity contribution in [3.8, 4) is 0 Å². The van der Waals surface area contributed by atoms with Gasteiger partial charge in [0.15, 0.2) is 0 Å². The quantitative estimate of drug-likeness (QED) is 0.814. The molecule has 0 bridgehead atoms. The second-order valence-electron chi connectivity index (χ2n) is 8.35. The van der Waals surface area contributed by atoms with E-state index >= 15 is 0 Å². The van der Waals surface area contributed by atoms with E-state index in [-0.39, 0.29) is 17.2 Å². The Kier molecular flexibility index (Phi) is 4.54. The van der Waals surface area contributed by atoms with Crippen LogP contribution in [0.4, 0.5) is 0 Å². The summed E-state index contributed by atoms with van der Waals surface area (Å²) in [5.74, 6) is 1.19. The molecule has 2 aliphatic rings. The van der Waals surface area contributed by atoms with E-state index in [0.717, 1.165) is 18.5 Å². The molecular weight excluding hydrogens is 248 g/mol. The minimum atomic E-state index is -0.207. The highest BCUT2D eigenvalue weighted by Crippen LogP contribution is 2.42. The van der Waals surface area contributed by atoms with Gasteiger partial charge in [-0.3, -0.25) is 4.90 Å². The van der Waals surface area contributed by atoms with Crippen LogP contribution in [0.2, 0.25) is 0 Å². The first kappa shape index (κ1) is 16.3. The van der Waals surface area contributed by atoms with Gasteiger partial charge in [0.25, 0.3) is 0 Å². The van der Waals surface area contributed by atoms with Gasteiger partial charge in [-0.25, -0.2) is 0 Å². The molecule has 0 spiro atoms. The molecule has 0 amide bonds. The molecule has 1 saturated heterocycles. The van der Waals surface area contributed by atoms with Gasteiger partial charge in [-0.05, 0) is 59.4 Å². The Morgan fingerprint density at radius 1 is 1.15 bits per heavy atom. The first-order valence-corrected chi connectivity index (χ1v) is 8.33. The van der Waals surface area contributed by atoms with Crippen LogP contribution in [0.1, 0.15) is 60.8 Å². The predicted octanol–water partition coefficient (Wildman–Crippen LogP) is 3.03. The van der Waals surface area contributed by atoms with Crippen LogP contribution in [0.15, 0.2) is 0 Å². The van der Waals surface area contributed by atoms with Crippen molar-refractivity contribution in [2.75, 3.05) is 13.1 Å². The minimum Gasteiger partial charge on any atom is -0.368 e. The molecule has 1 heterocycles. The molecule has 2 rings (SSSR count). The molecule has 2 unspecified atom stereocenters. The molecule has 1 saturated carbocycles. The fourth-order valence-electron chi connectivity index (χ4n) is 3.61. The number of nitrogens with two attached hydrogens (primary N) is 1. The maximum Gasteiger partial charge on any atom is 0.0788 e. The van der Waals surface area contributed by atoms with Gasteiger partial charge < -0.3 is 10.5 Å². The number of hydrogen-bond donors (Lipinski definition) is 1. The Hall–Kier alpha value is -0.120. The third-order valence-electron chi connectivity index (χ3n) is 5.14. The van der Waals surface area contributed by atoms with Gasteiger partial charge in [0, 0.05) is 24.5 Å². The highest BCUT2D eigenvalue weighted by molar-refractivity contribution is 5.05. The zero-order chi connectivity index (χ0) is 15.1. The third kappa shape index (κ3) is 3.55. The molecular formula is C17H34N2O. The van der Waals surface area contributed by atoms with E-state index in [1.165, 1.54) is 25.8 Å². The van der Waals surface area contributed by atoms with E-state index in [4.69, 9.17) is 10.5 Å². The van der Waals surface area contributed by atoms with Gasteiger partial charge in [0.1, 0.15) is 0 Å². The largest absolute Gasteiger partial charge is 0.368 e. The summed E-state index contributed by atoms with van der Waals surface area (Å²) in [5.41, 5.74) is 6.18. The zero-order valence-corrected chi connectivity index (χ0v) is 14.3. The predicted molar refractivity (Wildman–Crippen MR) is 84.8 cm³/mol. The number of hydrogen-bond acceptors (Lipinski definition) is 3. The Labute approximate surface area is 125 Å². The van der Waals surface area contributed by atoms with Crippen LogP contribution in [0, 0.1) is 11.8 Å². The minimum absolute atomic E-state index is 0.117. The lowest BCUT2D eigenvalue weighted by Crippen LogP contribution is -2.48. The molecule has 1 aliphatic heterocycles. The van der Waals surface area contributed by atoms with Crippen LogP contribution in [0.5, 0.6) is 0 Å². The Balaban J connectivity index is 2.02. The van der Waals surface area contributed by atoms with Crippen molar-refractivity contribution in [1.82, 2.24) is 4.90 Å². The smallest absolute Gasteiger partial charge is 0.0788 e. The third-order valence-corrected chi connectivity index (χ3v) is 5.14. The van der Waals surface area contributed by atoms with Crippen molar-refractivity contribution < 1.29 is 4.74 Å². The van der Waals surface area contributed by atoms with Crippen LogP contribution in [-0.4, -0.2) is 41.3 Å². The molecule has 0 aromatic carbocycles. The lowest BCUT2D eigenvalue weighted by atomic mass is 9.82. The average Bonchev–Trinajstić information content (AvgIpc) is 3.07. The fourth-order valence-corrected chi connectivity index (χ4v) is 3.61. The molecule has 0 aromatic heterocycles. The monoisotopic (exact) mass is 282 g/mol. The summed E-state index contributed by atoms with van der Waals surface area (Å²) in [5, 5.41) is 0. The van der Waals surface area contributed by atoms with Gasteiger partial charge in [-0.15, -0.1) is 0 Å². The molecule has 2 N–H and O–H groups in total. The summed E-state index contributed by atoms with van der Waals surface area (Å²) in [6.45, 7) is 15.6. The maximum atomic E-state index is 6.51. The molecule has 118 valence electrons. The summed E-state index contributed by atoms with van der Waals surface area (Å²) >= 11 is 0. The van der Waals surface area contributed by atoms with Crippen molar-refractivity contribution in [1.29, 1.82) is 0 Å². The van der Waals surface area contributed by atoms with Crippen LogP contribution in [0.3, 0.4) is 0 Å². The standard InChI is InChI=1S/C17H34N2O/c1-12(2)9-10-19(13-7-8-13)11-14-15(18)17(5,6)20-16(14,3)4/h12-15H,7-11,18H2,1-6H3. The van der Waals surface area contributed by atoms with E-state index in [1.54, 1.807) is 0 Å². The van der Waals surface area contributed by atoms with Crippen molar-refractivity contribution in [3.05, 3.63) is 0 Å². The van der Waals surface area contributed by atoms with E-state index in [2.05, 4.69) is 46.4 Å². The first-order chi connectivity index (χ1) is 9.13. The molecule has 3 heteroatoms. The Morgan fingerprint density at radius 2 is 1.75 bits per heavy atom. The first-order valence-electron chi connectivity index (χ1n) is 8.33. The molecule has 0 radical (unpaired) electrons. The van der Waals surface area contributed by atoms with Crippen molar-refractivity contribution in [2.24, 2.45) is 17.6 Å². The van der Waals surface area contributed by atoms with Gasteiger partial charge in [-0.2, -0.15) is 0 Å². The number of nitrogens with zero attached hydrogens (tertiary/aromatic N) is 1. The highest BCUT2D eigenvalue weighted by atomic mass is 16.5. The molecule has 1 aliphatic carbocycles. The van der Waals surface area contributed by atoms with Crippen LogP contribution in [0.25, 0.3) is 0 Å². The van der Waals surface area contributed by atoms with E-state index in [1.807, 2.05) is 0 Å². The normalized spacial score (nSPS) is 32.2. The van der Waals surface area contributed by atoms with Gasteiger partial charge in [-0.1, -0.05) is 13.8 Å². The molecule has 20 heavy (non-hydrogen) atoms. The van der Waals surface area contributed by atoms with Crippen LogP contribution >= 0.6 is 0 Å². The second-order valence-corrected chi connectivity index (χ2v) is 8.35. The van der Waals surface area contributed by atoms with Gasteiger partial charge in [0.05, 0.1) is 11.2 Å². The average molecular weight is 282 g/mol. The van der Waals surface area contributed by atoms with E-state index in [0.29, 0.717) is 5.92 Å². The van der Waals surface area contributed by atoms with Crippen molar-refractivity contribution in [2.45, 2.75) is 84.1 Å². The highest BCUT2D eigenvalue weighted by Gasteiger charge is 2.53. The van der Waals surface area contributed by atoms with E-state index in [9.17, 15) is 0 Å². The SMILES string of the molecule is CC(C)CCN(CC1C(N)C(C)(C)OC1(C)C)C1CC1. The molecule has 3 nitrogen and oxygen atoms in total. The molecule has 0 aromatic rings. The van der Waals surface area contributed by atoms with Crippen LogP contribution < -0.4 is 5.73 Å². The van der Waals surface area contributed by atoms with Crippen molar-refractivity contribution >= 4 is 0 Å². The lowest BCUT2D eigenvalue weighted by Gasteiger charge is -2.33. The Morgan fingerprint density at radius 3 is 2.15 bits per heavy atom. The second kappa shape index (κ2) is 5.58. The Bertz CT molecular complexity index is 334. The summed E-state index contributed by atoms with van der Waals surface area (Å²) in [4.78, 5) is 2.68. The van der Waals surface area contributed by atoms with Crippen LogP contribution in [-0.2, 0) is 4.74 Å². The number of rotatable bonds is 6. The lowest BCUT2D eigenvalue weighted by molar-refractivity contribution is -0.0786. The number of ether oxygens (including phenoxy) is 1. The summed E-state index contributed by atoms with van der Waals surface area (Å²) in [7, 11) is 0. The molecule has 2 fully saturated rings. The maximum absolute atomic E-state index is 6.51. The van der Waals surface area contributed by atoms with Gasteiger partial charge in [0.2, 0.25) is 0 Å². The summed E-state index contributed by atoms with van der Waals surface area (Å²) in [6.07, 6.45) is 4.01. The van der Waals surface area contributed by atoms with E-state index < -0.39 is 0 Å². The van der Waals surface area contributed by atoms with Gasteiger partial charge >= 0.3 is 0 Å². The molecule has 2 atom stereocenters. The summed E-state index contributed by atoms with van der Waals surface area (Å²) in [6, 6.07) is 0.929. The zero-order valence-electron chi connectivity index (χ0n) is 14.3. The summed E-state index contributed by atoms with van der Waals surface area (Å²) < 4.78 is 6.24.